The predicted molar refractivity (Wildman–Crippen MR) is 62.5 cm³/mol. The molecule has 2 radical (unpaired) electrons. The summed E-state index contributed by atoms with van der Waals surface area (Å²) in [6, 6.07) is 0. The lowest BCUT2D eigenvalue weighted by Crippen LogP contribution is -2.05. The molecular formula is C13H24O2. The van der Waals surface area contributed by atoms with Crippen molar-refractivity contribution in [3.05, 3.63) is 6.92 Å². The molecule has 0 atom stereocenters. The fraction of sp³-hybridized carbons (Fsp3) is 0.846. The number of hydrogen-bond donors (Lipinski definition) is 0. The van der Waals surface area contributed by atoms with E-state index in [1.54, 1.807) is 0 Å². The predicted octanol–water partition coefficient (Wildman–Crippen LogP) is 3.77. The Labute approximate surface area is 94.4 Å². The Balaban J connectivity index is 3.11. The molecule has 0 saturated carbocycles. The minimum atomic E-state index is -0.0523. The van der Waals surface area contributed by atoms with Crippen LogP contribution in [-0.4, -0.2) is 12.6 Å². The molecule has 0 fully saturated rings. The Bertz CT molecular complexity index is 143. The van der Waals surface area contributed by atoms with E-state index in [9.17, 15) is 4.79 Å². The van der Waals surface area contributed by atoms with Gasteiger partial charge in [0.05, 0.1) is 6.61 Å². The van der Waals surface area contributed by atoms with Crippen LogP contribution in [-0.2, 0) is 9.53 Å². The van der Waals surface area contributed by atoms with Crippen LogP contribution in [0.1, 0.15) is 64.7 Å². The van der Waals surface area contributed by atoms with Gasteiger partial charge in [0.15, 0.2) is 0 Å². The normalized spacial score (nSPS) is 10.3. The second-order valence-corrected chi connectivity index (χ2v) is 3.88. The third kappa shape index (κ3) is 11.4. The van der Waals surface area contributed by atoms with Crippen LogP contribution in [0.3, 0.4) is 0 Å². The fourth-order valence-corrected chi connectivity index (χ4v) is 1.38. The molecule has 0 amide bonds. The SMILES string of the molecule is [CH]CCCCCC(=O)OCCCCCC. The first kappa shape index (κ1) is 14.5. The lowest BCUT2D eigenvalue weighted by molar-refractivity contribution is -0.143. The lowest BCUT2D eigenvalue weighted by Gasteiger charge is -2.04. The monoisotopic (exact) mass is 212 g/mol. The van der Waals surface area contributed by atoms with Crippen LogP contribution in [0, 0.1) is 6.92 Å². The van der Waals surface area contributed by atoms with Crippen molar-refractivity contribution >= 4 is 5.97 Å². The zero-order valence-electron chi connectivity index (χ0n) is 9.96. The Kier molecular flexibility index (Phi) is 11.1. The van der Waals surface area contributed by atoms with Gasteiger partial charge in [0.1, 0.15) is 0 Å². The van der Waals surface area contributed by atoms with Gasteiger partial charge in [-0.05, 0) is 26.2 Å². The average Bonchev–Trinajstić information content (AvgIpc) is 2.24. The number of rotatable bonds is 10. The molecule has 0 rings (SSSR count). The molecule has 2 nitrogen and oxygen atoms in total. The summed E-state index contributed by atoms with van der Waals surface area (Å²) in [6.07, 6.45) is 8.82. The van der Waals surface area contributed by atoms with E-state index in [-0.39, 0.29) is 5.97 Å². The van der Waals surface area contributed by atoms with Crippen molar-refractivity contribution in [1.82, 2.24) is 0 Å². The van der Waals surface area contributed by atoms with Gasteiger partial charge in [0.2, 0.25) is 0 Å². The van der Waals surface area contributed by atoms with Gasteiger partial charge >= 0.3 is 5.97 Å². The lowest BCUT2D eigenvalue weighted by atomic mass is 10.1. The summed E-state index contributed by atoms with van der Waals surface area (Å²) in [7, 11) is 0. The zero-order valence-corrected chi connectivity index (χ0v) is 9.96. The molecule has 0 spiro atoms. The van der Waals surface area contributed by atoms with Crippen LogP contribution in [0.4, 0.5) is 0 Å². The van der Waals surface area contributed by atoms with E-state index in [1.807, 2.05) is 0 Å². The molecule has 88 valence electrons. The molecule has 15 heavy (non-hydrogen) atoms. The maximum absolute atomic E-state index is 11.2. The summed E-state index contributed by atoms with van der Waals surface area (Å²) in [5.74, 6) is -0.0523. The molecule has 0 N–H and O–H groups in total. The molecule has 0 aromatic carbocycles. The van der Waals surface area contributed by atoms with E-state index >= 15 is 0 Å². The molecule has 0 aliphatic carbocycles. The molecule has 0 aliphatic rings. The molecule has 0 aliphatic heterocycles. The van der Waals surface area contributed by atoms with E-state index in [0.717, 1.165) is 32.1 Å². The quantitative estimate of drug-likeness (QED) is 0.407. The first-order valence-corrected chi connectivity index (χ1v) is 6.17. The van der Waals surface area contributed by atoms with Crippen molar-refractivity contribution in [2.45, 2.75) is 64.7 Å². The van der Waals surface area contributed by atoms with Crippen molar-refractivity contribution in [1.29, 1.82) is 0 Å². The van der Waals surface area contributed by atoms with Gasteiger partial charge in [-0.2, -0.15) is 0 Å². The van der Waals surface area contributed by atoms with Crippen LogP contribution in [0.5, 0.6) is 0 Å². The maximum Gasteiger partial charge on any atom is 0.305 e. The third-order valence-corrected chi connectivity index (χ3v) is 2.35. The van der Waals surface area contributed by atoms with E-state index in [0.29, 0.717) is 19.4 Å². The van der Waals surface area contributed by atoms with Crippen molar-refractivity contribution < 1.29 is 9.53 Å². The molecule has 0 saturated heterocycles. The standard InChI is InChI=1S/C13H24O2/c1-3-5-7-9-11-13(14)15-12-10-8-6-4-2/h1H,3-12H2,2H3. The highest BCUT2D eigenvalue weighted by Crippen LogP contribution is 2.04. The van der Waals surface area contributed by atoms with E-state index in [2.05, 4.69) is 6.92 Å². The highest BCUT2D eigenvalue weighted by atomic mass is 16.5. The van der Waals surface area contributed by atoms with Gasteiger partial charge in [-0.15, -0.1) is 0 Å². The summed E-state index contributed by atoms with van der Waals surface area (Å²) in [6.45, 7) is 8.12. The Morgan fingerprint density at radius 2 is 1.80 bits per heavy atom. The van der Waals surface area contributed by atoms with Crippen LogP contribution in [0.25, 0.3) is 0 Å². The summed E-state index contributed by atoms with van der Waals surface area (Å²) < 4.78 is 5.10. The van der Waals surface area contributed by atoms with E-state index in [4.69, 9.17) is 11.7 Å². The van der Waals surface area contributed by atoms with Crippen LogP contribution < -0.4 is 0 Å². The third-order valence-electron chi connectivity index (χ3n) is 2.35. The number of hydrogen-bond acceptors (Lipinski definition) is 2. The summed E-state index contributed by atoms with van der Waals surface area (Å²) in [5.41, 5.74) is 0. The second-order valence-electron chi connectivity index (χ2n) is 3.88. The van der Waals surface area contributed by atoms with Gasteiger partial charge in [-0.25, -0.2) is 0 Å². The van der Waals surface area contributed by atoms with Crippen molar-refractivity contribution in [2.24, 2.45) is 0 Å². The largest absolute Gasteiger partial charge is 0.466 e. The molecule has 2 heteroatoms. The van der Waals surface area contributed by atoms with Crippen molar-refractivity contribution in [3.63, 3.8) is 0 Å². The fourth-order valence-electron chi connectivity index (χ4n) is 1.38. The Hall–Kier alpha value is -0.530. The highest BCUT2D eigenvalue weighted by molar-refractivity contribution is 5.69. The van der Waals surface area contributed by atoms with Crippen LogP contribution in [0.2, 0.25) is 0 Å². The minimum Gasteiger partial charge on any atom is -0.466 e. The molecule has 0 heterocycles. The number of ether oxygens (including phenoxy) is 1. The molecule has 0 aromatic heterocycles. The van der Waals surface area contributed by atoms with Gasteiger partial charge in [-0.3, -0.25) is 4.79 Å². The Morgan fingerprint density at radius 1 is 1.07 bits per heavy atom. The van der Waals surface area contributed by atoms with Crippen molar-refractivity contribution in [2.75, 3.05) is 6.61 Å². The van der Waals surface area contributed by atoms with Crippen molar-refractivity contribution in [3.8, 4) is 0 Å². The Morgan fingerprint density at radius 3 is 2.47 bits per heavy atom. The van der Waals surface area contributed by atoms with Gasteiger partial charge in [0.25, 0.3) is 0 Å². The summed E-state index contributed by atoms with van der Waals surface area (Å²) in [5, 5.41) is 0. The summed E-state index contributed by atoms with van der Waals surface area (Å²) >= 11 is 0. The molecule has 0 unspecified atom stereocenters. The van der Waals surface area contributed by atoms with Crippen LogP contribution >= 0.6 is 0 Å². The number of carbonyl (C=O) groups is 1. The van der Waals surface area contributed by atoms with Gasteiger partial charge in [0, 0.05) is 6.42 Å². The first-order valence-electron chi connectivity index (χ1n) is 6.17. The zero-order chi connectivity index (χ0) is 11.4. The minimum absolute atomic E-state index is 0.0523. The van der Waals surface area contributed by atoms with E-state index in [1.165, 1.54) is 12.8 Å². The number of unbranched alkanes of at least 4 members (excludes halogenated alkanes) is 6. The van der Waals surface area contributed by atoms with Gasteiger partial charge in [-0.1, -0.05) is 39.0 Å². The summed E-state index contributed by atoms with van der Waals surface area (Å²) in [4.78, 5) is 11.2. The molecule has 0 bridgehead atoms. The smallest absolute Gasteiger partial charge is 0.305 e. The second kappa shape index (κ2) is 11.5. The van der Waals surface area contributed by atoms with Crippen LogP contribution in [0.15, 0.2) is 0 Å². The number of esters is 1. The molecular weight excluding hydrogens is 188 g/mol. The molecule has 0 aromatic rings. The van der Waals surface area contributed by atoms with Gasteiger partial charge < -0.3 is 4.74 Å². The topological polar surface area (TPSA) is 26.3 Å². The number of carbonyl (C=O) groups excluding carboxylic acids is 1. The first-order chi connectivity index (χ1) is 7.31. The van der Waals surface area contributed by atoms with E-state index < -0.39 is 0 Å². The highest BCUT2D eigenvalue weighted by Gasteiger charge is 2.01. The average molecular weight is 212 g/mol. The maximum atomic E-state index is 11.2.